The second-order valence-electron chi connectivity index (χ2n) is 9.00. The zero-order chi connectivity index (χ0) is 28.9. The molecule has 0 aliphatic carbocycles. The summed E-state index contributed by atoms with van der Waals surface area (Å²) in [6, 6.07) is 30.5. The number of anilines is 5. The molecule has 0 heterocycles. The molecule has 204 valence electrons. The van der Waals surface area contributed by atoms with E-state index < -0.39 is 11.9 Å². The molecule has 6 N–H and O–H groups in total. The molecule has 5 aromatic rings. The number of phenolic OH excluding ortho intramolecular Hbond substituents is 2. The number of para-hydroxylation sites is 2. The third-order valence-electron chi connectivity index (χ3n) is 6.10. The monoisotopic (exact) mass is 547 g/mol. The van der Waals surface area contributed by atoms with Gasteiger partial charge in [-0.2, -0.15) is 0 Å². The first kappa shape index (κ1) is 26.6. The highest BCUT2D eigenvalue weighted by atomic mass is 16.5. The van der Waals surface area contributed by atoms with Gasteiger partial charge in [-0.3, -0.25) is 0 Å². The van der Waals surface area contributed by atoms with Crippen LogP contribution in [0.5, 0.6) is 23.0 Å². The van der Waals surface area contributed by atoms with Crippen LogP contribution in [0.2, 0.25) is 0 Å². The van der Waals surface area contributed by atoms with E-state index in [-0.39, 0.29) is 34.0 Å². The van der Waals surface area contributed by atoms with E-state index in [1.54, 1.807) is 77.7 Å². The summed E-state index contributed by atoms with van der Waals surface area (Å²) in [5.41, 5.74) is 13.2. The zero-order valence-corrected chi connectivity index (χ0v) is 21.6. The molecule has 0 saturated carbocycles. The molecule has 5 rings (SSSR count). The first-order valence-corrected chi connectivity index (χ1v) is 12.4. The van der Waals surface area contributed by atoms with E-state index in [9.17, 15) is 19.8 Å². The molecule has 9 heteroatoms. The van der Waals surface area contributed by atoms with Crippen LogP contribution in [0, 0.1) is 0 Å². The Morgan fingerprint density at radius 3 is 1.34 bits per heavy atom. The van der Waals surface area contributed by atoms with Gasteiger partial charge in [0.25, 0.3) is 0 Å². The summed E-state index contributed by atoms with van der Waals surface area (Å²) in [6.07, 6.45) is 0. The quantitative estimate of drug-likeness (QED) is 0.0812. The van der Waals surface area contributed by atoms with Gasteiger partial charge in [-0.15, -0.1) is 0 Å². The minimum absolute atomic E-state index is 0.0516. The van der Waals surface area contributed by atoms with Crippen molar-refractivity contribution in [3.8, 4) is 23.0 Å². The number of benzene rings is 5. The lowest BCUT2D eigenvalue weighted by Crippen LogP contribution is -2.16. The van der Waals surface area contributed by atoms with Gasteiger partial charge in [0.2, 0.25) is 0 Å². The molecule has 0 aromatic heterocycles. The molecule has 41 heavy (non-hydrogen) atoms. The van der Waals surface area contributed by atoms with Crippen molar-refractivity contribution in [3.63, 3.8) is 0 Å². The number of esters is 2. The standard InChI is InChI=1S/C32H25N3O6/c33-27-13-11-22(18-29(27)36)35(23-12-14-28(34)30(37)19-23)24-16-20(31(38)40-25-7-3-1-4-8-25)15-21(17-24)32(39)41-26-9-5-2-6-10-26/h1-19,36-37H,33-34H2. The minimum atomic E-state index is -0.716. The van der Waals surface area contributed by atoms with Crippen LogP contribution in [-0.2, 0) is 0 Å². The van der Waals surface area contributed by atoms with Crippen LogP contribution in [0.15, 0.2) is 115 Å². The Balaban J connectivity index is 1.66. The Hall–Kier alpha value is -5.96. The zero-order valence-electron chi connectivity index (χ0n) is 21.6. The smallest absolute Gasteiger partial charge is 0.343 e. The molecule has 0 aliphatic heterocycles. The number of rotatable bonds is 7. The van der Waals surface area contributed by atoms with Crippen LogP contribution in [-0.4, -0.2) is 22.2 Å². The van der Waals surface area contributed by atoms with E-state index in [0.29, 0.717) is 28.6 Å². The number of phenols is 2. The third-order valence-corrected chi connectivity index (χ3v) is 6.10. The average molecular weight is 548 g/mol. The Labute approximate surface area is 235 Å². The van der Waals surface area contributed by atoms with Crippen molar-refractivity contribution in [3.05, 3.63) is 126 Å². The molecule has 0 fully saturated rings. The SMILES string of the molecule is Nc1ccc(N(c2cc(C(=O)Oc3ccccc3)cc(C(=O)Oc3ccccc3)c2)c2ccc(N)c(O)c2)cc1O. The Morgan fingerprint density at radius 2 is 0.951 bits per heavy atom. The van der Waals surface area contributed by atoms with Gasteiger partial charge >= 0.3 is 11.9 Å². The normalized spacial score (nSPS) is 10.5. The van der Waals surface area contributed by atoms with Gasteiger partial charge in [0.1, 0.15) is 23.0 Å². The number of nitrogens with zero attached hydrogens (tertiary/aromatic N) is 1. The van der Waals surface area contributed by atoms with Crippen LogP contribution in [0.3, 0.4) is 0 Å². The Bertz CT molecular complexity index is 1600. The van der Waals surface area contributed by atoms with Gasteiger partial charge in [0, 0.05) is 29.2 Å². The fourth-order valence-electron chi connectivity index (χ4n) is 4.07. The molecule has 0 bridgehead atoms. The first-order chi connectivity index (χ1) is 19.8. The first-order valence-electron chi connectivity index (χ1n) is 12.4. The molecule has 0 radical (unpaired) electrons. The fourth-order valence-corrected chi connectivity index (χ4v) is 4.07. The summed E-state index contributed by atoms with van der Waals surface area (Å²) >= 11 is 0. The summed E-state index contributed by atoms with van der Waals surface area (Å²) in [6.45, 7) is 0. The summed E-state index contributed by atoms with van der Waals surface area (Å²) < 4.78 is 11.1. The van der Waals surface area contributed by atoms with Crippen LogP contribution in [0.25, 0.3) is 0 Å². The average Bonchev–Trinajstić information content (AvgIpc) is 2.98. The van der Waals surface area contributed by atoms with E-state index in [1.807, 2.05) is 0 Å². The summed E-state index contributed by atoms with van der Waals surface area (Å²) in [5, 5.41) is 20.8. The molecule has 0 unspecified atom stereocenters. The van der Waals surface area contributed by atoms with Crippen LogP contribution in [0.4, 0.5) is 28.4 Å². The van der Waals surface area contributed by atoms with E-state index >= 15 is 0 Å². The van der Waals surface area contributed by atoms with Crippen molar-refractivity contribution in [2.75, 3.05) is 16.4 Å². The maximum Gasteiger partial charge on any atom is 0.343 e. The number of carbonyl (C=O) groups excluding carboxylic acids is 2. The van der Waals surface area contributed by atoms with Gasteiger partial charge < -0.3 is 36.1 Å². The molecule has 0 saturated heterocycles. The summed E-state index contributed by atoms with van der Waals surface area (Å²) in [5.74, 6) is -1.16. The molecule has 9 nitrogen and oxygen atoms in total. The number of hydrogen-bond acceptors (Lipinski definition) is 9. The lowest BCUT2D eigenvalue weighted by molar-refractivity contribution is 0.0734. The van der Waals surface area contributed by atoms with Crippen LogP contribution < -0.4 is 25.8 Å². The van der Waals surface area contributed by atoms with E-state index in [1.165, 1.54) is 42.5 Å². The predicted molar refractivity (Wildman–Crippen MR) is 156 cm³/mol. The predicted octanol–water partition coefficient (Wildman–Crippen LogP) is 6.17. The maximum absolute atomic E-state index is 13.3. The molecular formula is C32H25N3O6. The fraction of sp³-hybridized carbons (Fsp3) is 0. The molecular weight excluding hydrogens is 522 g/mol. The van der Waals surface area contributed by atoms with E-state index in [0.717, 1.165) is 0 Å². The van der Waals surface area contributed by atoms with E-state index in [2.05, 4.69) is 0 Å². The number of hydrogen-bond donors (Lipinski definition) is 4. The Kier molecular flexibility index (Phi) is 7.42. The number of carbonyl (C=O) groups is 2. The molecule has 0 spiro atoms. The highest BCUT2D eigenvalue weighted by Crippen LogP contribution is 2.40. The number of aromatic hydroxyl groups is 2. The number of ether oxygens (including phenoxy) is 2. The molecule has 5 aromatic carbocycles. The summed E-state index contributed by atoms with van der Waals surface area (Å²) in [4.78, 5) is 28.2. The highest BCUT2D eigenvalue weighted by Gasteiger charge is 2.22. The van der Waals surface area contributed by atoms with Gasteiger partial charge in [0.05, 0.1) is 22.5 Å². The molecule has 0 atom stereocenters. The van der Waals surface area contributed by atoms with Crippen LogP contribution >= 0.6 is 0 Å². The van der Waals surface area contributed by atoms with Gasteiger partial charge in [0.15, 0.2) is 0 Å². The lowest BCUT2D eigenvalue weighted by Gasteiger charge is -2.27. The lowest BCUT2D eigenvalue weighted by atomic mass is 10.1. The second-order valence-corrected chi connectivity index (χ2v) is 9.00. The van der Waals surface area contributed by atoms with Crippen molar-refractivity contribution in [2.45, 2.75) is 0 Å². The minimum Gasteiger partial charge on any atom is -0.506 e. The van der Waals surface area contributed by atoms with Gasteiger partial charge in [-0.05, 0) is 66.7 Å². The third kappa shape index (κ3) is 6.04. The topological polar surface area (TPSA) is 148 Å². The largest absolute Gasteiger partial charge is 0.506 e. The van der Waals surface area contributed by atoms with Crippen LogP contribution in [0.1, 0.15) is 20.7 Å². The van der Waals surface area contributed by atoms with Gasteiger partial charge in [-0.25, -0.2) is 9.59 Å². The number of nitrogens with two attached hydrogens (primary N) is 2. The maximum atomic E-state index is 13.3. The summed E-state index contributed by atoms with van der Waals surface area (Å²) in [7, 11) is 0. The highest BCUT2D eigenvalue weighted by molar-refractivity contribution is 5.99. The van der Waals surface area contributed by atoms with Gasteiger partial charge in [-0.1, -0.05) is 36.4 Å². The molecule has 0 aliphatic rings. The number of nitrogen functional groups attached to an aromatic ring is 2. The molecule has 0 amide bonds. The Morgan fingerprint density at radius 1 is 0.537 bits per heavy atom. The second kappa shape index (κ2) is 11.4. The van der Waals surface area contributed by atoms with Crippen molar-refractivity contribution >= 4 is 40.4 Å². The van der Waals surface area contributed by atoms with Crippen molar-refractivity contribution in [1.82, 2.24) is 0 Å². The van der Waals surface area contributed by atoms with Crippen molar-refractivity contribution in [2.24, 2.45) is 0 Å². The van der Waals surface area contributed by atoms with Crippen molar-refractivity contribution < 1.29 is 29.3 Å². The van der Waals surface area contributed by atoms with E-state index in [4.69, 9.17) is 20.9 Å². The van der Waals surface area contributed by atoms with Crippen molar-refractivity contribution in [1.29, 1.82) is 0 Å².